The van der Waals surface area contributed by atoms with E-state index in [1.165, 1.54) is 19.2 Å². The van der Waals surface area contributed by atoms with E-state index in [4.69, 9.17) is 33.2 Å². The van der Waals surface area contributed by atoms with E-state index in [0.717, 1.165) is 0 Å². The predicted molar refractivity (Wildman–Crippen MR) is 151 cm³/mol. The van der Waals surface area contributed by atoms with Crippen LogP contribution in [-0.2, 0) is 30.2 Å². The second-order valence-corrected chi connectivity index (χ2v) is 9.44. The minimum atomic E-state index is -0.988. The summed E-state index contributed by atoms with van der Waals surface area (Å²) in [5.41, 5.74) is 0.531. The van der Waals surface area contributed by atoms with Gasteiger partial charge in [0, 0.05) is 6.54 Å². The number of ether oxygens (including phenoxy) is 7. The Morgan fingerprint density at radius 1 is 0.714 bits per heavy atom. The normalized spacial score (nSPS) is 13.5. The number of rotatable bonds is 14. The third kappa shape index (κ3) is 12.0. The van der Waals surface area contributed by atoms with Crippen molar-refractivity contribution >= 4 is 24.4 Å². The van der Waals surface area contributed by atoms with Gasteiger partial charge < -0.3 is 38.5 Å². The number of carbonyl (C=O) groups is 4. The molecule has 0 aliphatic rings. The molecule has 1 N–H and O–H groups in total. The molecule has 0 amide bonds. The number of hydrogen-bond acceptors (Lipinski definition) is 12. The first-order valence-electron chi connectivity index (χ1n) is 13.7. The fraction of sp³-hybridized carbons (Fsp3) is 0.467. The van der Waals surface area contributed by atoms with Gasteiger partial charge in [0.05, 0.1) is 7.11 Å². The Bertz CT molecular complexity index is 1170. The van der Waals surface area contributed by atoms with E-state index in [1.807, 2.05) is 13.8 Å². The molecule has 12 nitrogen and oxygen atoms in total. The first-order valence-corrected chi connectivity index (χ1v) is 13.7. The molecular formula is C30H39NO11. The van der Waals surface area contributed by atoms with Gasteiger partial charge in [-0.05, 0) is 69.9 Å². The summed E-state index contributed by atoms with van der Waals surface area (Å²) in [6.07, 6.45) is -3.05. The Balaban J connectivity index is 2.13. The number of methoxy groups -OCH3 is 1. The molecule has 0 fully saturated rings. The third-order valence-electron chi connectivity index (χ3n) is 5.96. The molecule has 3 unspecified atom stereocenters. The number of nitrogens with one attached hydrogen (secondary N) is 1. The molecule has 2 aromatic carbocycles. The van der Waals surface area contributed by atoms with Crippen LogP contribution in [-0.4, -0.2) is 62.4 Å². The summed E-state index contributed by atoms with van der Waals surface area (Å²) in [6, 6.07) is 12.0. The van der Waals surface area contributed by atoms with Gasteiger partial charge in [-0.25, -0.2) is 14.4 Å². The molecule has 0 spiro atoms. The molecule has 12 heteroatoms. The molecule has 0 saturated heterocycles. The van der Waals surface area contributed by atoms with Crippen LogP contribution in [0.1, 0.15) is 53.0 Å². The lowest BCUT2D eigenvalue weighted by Crippen LogP contribution is -2.43. The minimum absolute atomic E-state index is 0.0744. The lowest BCUT2D eigenvalue weighted by molar-refractivity contribution is -0.143. The highest BCUT2D eigenvalue weighted by molar-refractivity contribution is 5.76. The number of benzene rings is 2. The van der Waals surface area contributed by atoms with Crippen molar-refractivity contribution in [1.82, 2.24) is 5.32 Å². The standard InChI is InChI=1S/C30H39NO11/c1-7-19(3)37-29(34)41-25-15-14-22(17-26(25)42-30(35)38-20(4)8-2)16-24(27(32)36-6)31-18-21(5)39-28(33)40-23-12-10-9-11-13-23/h9-15,17,19-21,24,31H,7-8,16,18H2,1-6H3/t19?,20?,21?,24-/m0/s1. The second-order valence-electron chi connectivity index (χ2n) is 9.44. The quantitative estimate of drug-likeness (QED) is 0.166. The fourth-order valence-electron chi connectivity index (χ4n) is 3.31. The Morgan fingerprint density at radius 2 is 1.26 bits per heavy atom. The van der Waals surface area contributed by atoms with Crippen LogP contribution in [0.4, 0.5) is 14.4 Å². The van der Waals surface area contributed by atoms with Gasteiger partial charge in [-0.15, -0.1) is 0 Å². The lowest BCUT2D eigenvalue weighted by Gasteiger charge is -2.20. The van der Waals surface area contributed by atoms with Crippen molar-refractivity contribution < 1.29 is 52.3 Å². The third-order valence-corrected chi connectivity index (χ3v) is 5.96. The zero-order valence-electron chi connectivity index (χ0n) is 24.7. The summed E-state index contributed by atoms with van der Waals surface area (Å²) in [4.78, 5) is 49.2. The van der Waals surface area contributed by atoms with Crippen LogP contribution < -0.4 is 19.5 Å². The van der Waals surface area contributed by atoms with E-state index in [9.17, 15) is 19.2 Å². The summed E-state index contributed by atoms with van der Waals surface area (Å²) >= 11 is 0. The van der Waals surface area contributed by atoms with E-state index >= 15 is 0 Å². The van der Waals surface area contributed by atoms with E-state index in [-0.39, 0.29) is 30.6 Å². The zero-order chi connectivity index (χ0) is 31.1. The maximum atomic E-state index is 12.5. The summed E-state index contributed by atoms with van der Waals surface area (Å²) < 4.78 is 36.3. The first kappa shape index (κ1) is 33.9. The molecule has 2 aromatic rings. The number of para-hydroxylation sites is 1. The van der Waals surface area contributed by atoms with Gasteiger partial charge in [-0.3, -0.25) is 4.79 Å². The molecule has 0 aliphatic heterocycles. The van der Waals surface area contributed by atoms with Gasteiger partial charge in [-0.2, -0.15) is 0 Å². The van der Waals surface area contributed by atoms with Crippen molar-refractivity contribution in [1.29, 1.82) is 0 Å². The van der Waals surface area contributed by atoms with Crippen LogP contribution in [0.15, 0.2) is 48.5 Å². The molecule has 0 radical (unpaired) electrons. The predicted octanol–water partition coefficient (Wildman–Crippen LogP) is 5.59. The number of esters is 1. The zero-order valence-corrected chi connectivity index (χ0v) is 24.7. The Hall–Kier alpha value is -4.32. The van der Waals surface area contributed by atoms with Crippen molar-refractivity contribution in [3.05, 3.63) is 54.1 Å². The topological polar surface area (TPSA) is 145 Å². The fourth-order valence-corrected chi connectivity index (χ4v) is 3.31. The largest absolute Gasteiger partial charge is 0.514 e. The Kier molecular flexibility index (Phi) is 14.1. The van der Waals surface area contributed by atoms with E-state index in [2.05, 4.69) is 5.32 Å². The molecular weight excluding hydrogens is 550 g/mol. The monoisotopic (exact) mass is 589 g/mol. The summed E-state index contributed by atoms with van der Waals surface area (Å²) in [5.74, 6) is -0.424. The number of hydrogen-bond donors (Lipinski definition) is 1. The first-order chi connectivity index (χ1) is 20.0. The summed E-state index contributed by atoms with van der Waals surface area (Å²) in [5, 5.41) is 3.01. The minimum Gasteiger partial charge on any atom is -0.468 e. The molecule has 230 valence electrons. The maximum absolute atomic E-state index is 12.5. The Morgan fingerprint density at radius 3 is 1.83 bits per heavy atom. The van der Waals surface area contributed by atoms with Crippen molar-refractivity contribution in [2.24, 2.45) is 0 Å². The van der Waals surface area contributed by atoms with E-state index in [0.29, 0.717) is 24.2 Å². The smallest absolute Gasteiger partial charge is 0.468 e. The van der Waals surface area contributed by atoms with Gasteiger partial charge in [0.1, 0.15) is 30.1 Å². The van der Waals surface area contributed by atoms with Gasteiger partial charge in [0.25, 0.3) is 0 Å². The van der Waals surface area contributed by atoms with Gasteiger partial charge in [-0.1, -0.05) is 38.1 Å². The molecule has 0 heterocycles. The van der Waals surface area contributed by atoms with Crippen LogP contribution in [0.2, 0.25) is 0 Å². The highest BCUT2D eigenvalue weighted by Crippen LogP contribution is 2.30. The van der Waals surface area contributed by atoms with Gasteiger partial charge >= 0.3 is 24.4 Å². The van der Waals surface area contributed by atoms with Crippen LogP contribution >= 0.6 is 0 Å². The average Bonchev–Trinajstić information content (AvgIpc) is 2.96. The summed E-state index contributed by atoms with van der Waals surface area (Å²) in [6.45, 7) is 8.84. The highest BCUT2D eigenvalue weighted by Gasteiger charge is 2.24. The molecule has 0 aliphatic carbocycles. The van der Waals surface area contributed by atoms with E-state index in [1.54, 1.807) is 57.2 Å². The van der Waals surface area contributed by atoms with Crippen molar-refractivity contribution in [2.45, 2.75) is 78.2 Å². The second kappa shape index (κ2) is 17.5. The summed E-state index contributed by atoms with van der Waals surface area (Å²) in [7, 11) is 1.24. The van der Waals surface area contributed by atoms with Crippen molar-refractivity contribution in [3.63, 3.8) is 0 Å². The lowest BCUT2D eigenvalue weighted by atomic mass is 10.0. The van der Waals surface area contributed by atoms with Crippen LogP contribution in [0.3, 0.4) is 0 Å². The maximum Gasteiger partial charge on any atom is 0.514 e. The molecule has 4 atom stereocenters. The van der Waals surface area contributed by atoms with Crippen LogP contribution in [0, 0.1) is 0 Å². The molecule has 0 bridgehead atoms. The SMILES string of the molecule is CCC(C)OC(=O)Oc1ccc(C[C@H](NCC(C)OC(=O)Oc2ccccc2)C(=O)OC)cc1OC(=O)OC(C)CC. The molecule has 0 aromatic heterocycles. The van der Waals surface area contributed by atoms with E-state index < -0.39 is 42.7 Å². The molecule has 0 saturated carbocycles. The van der Waals surface area contributed by atoms with Gasteiger partial charge in [0.2, 0.25) is 0 Å². The van der Waals surface area contributed by atoms with Gasteiger partial charge in [0.15, 0.2) is 11.5 Å². The highest BCUT2D eigenvalue weighted by atomic mass is 16.8. The number of carbonyl (C=O) groups excluding carboxylic acids is 4. The van der Waals surface area contributed by atoms with Crippen molar-refractivity contribution in [3.8, 4) is 17.2 Å². The van der Waals surface area contributed by atoms with Crippen molar-refractivity contribution in [2.75, 3.05) is 13.7 Å². The average molecular weight is 590 g/mol. The molecule has 42 heavy (non-hydrogen) atoms. The molecule has 2 rings (SSSR count). The Labute approximate surface area is 245 Å². The van der Waals surface area contributed by atoms with Crippen LogP contribution in [0.25, 0.3) is 0 Å². The van der Waals surface area contributed by atoms with Crippen LogP contribution in [0.5, 0.6) is 17.2 Å².